The lowest BCUT2D eigenvalue weighted by atomic mass is 9.85. The van der Waals surface area contributed by atoms with Crippen molar-refractivity contribution in [3.05, 3.63) is 71.9 Å². The minimum Gasteiger partial charge on any atom is -0.383 e. The van der Waals surface area contributed by atoms with Crippen LogP contribution in [0.25, 0.3) is 28.0 Å². The molecule has 2 aliphatic heterocycles. The highest BCUT2D eigenvalue weighted by atomic mass is 16.5. The number of aromatic nitrogens is 7. The van der Waals surface area contributed by atoms with Crippen LogP contribution in [0, 0.1) is 0 Å². The van der Waals surface area contributed by atoms with E-state index >= 15 is 0 Å². The number of piperidine rings is 1. The third-order valence-electron chi connectivity index (χ3n) is 9.51. The molecule has 12 heteroatoms. The summed E-state index contributed by atoms with van der Waals surface area (Å²) in [5, 5.41) is 14.8. The van der Waals surface area contributed by atoms with Crippen LogP contribution >= 0.6 is 0 Å². The molecule has 5 aromatic rings. The van der Waals surface area contributed by atoms with Crippen molar-refractivity contribution in [1.29, 1.82) is 0 Å². The van der Waals surface area contributed by atoms with Crippen LogP contribution in [-0.4, -0.2) is 77.9 Å². The zero-order valence-corrected chi connectivity index (χ0v) is 25.2. The predicted octanol–water partition coefficient (Wildman–Crippen LogP) is 4.65. The molecule has 1 aliphatic carbocycles. The van der Waals surface area contributed by atoms with E-state index < -0.39 is 0 Å². The average Bonchev–Trinajstić information content (AvgIpc) is 3.52. The molecule has 1 amide bonds. The molecule has 45 heavy (non-hydrogen) atoms. The number of H-pyrrole nitrogens is 1. The van der Waals surface area contributed by atoms with Crippen molar-refractivity contribution in [3.8, 4) is 22.4 Å². The number of fused-ring (bicyclic) bond motifs is 3. The highest BCUT2D eigenvalue weighted by Gasteiger charge is 2.46. The SMILES string of the molecule is COCCNc1n[nH]c(C(=O)N2C3CCC2CC(c2nc4c(-c5ccc(-c6ccccc6)nc5)cnn4c(N)c2C2CC2)C3)n1. The normalized spacial score (nSPS) is 21.0. The maximum absolute atomic E-state index is 13.6. The first kappa shape index (κ1) is 27.7. The number of carbonyl (C=O) groups is 1. The maximum Gasteiger partial charge on any atom is 0.291 e. The van der Waals surface area contributed by atoms with Crippen molar-refractivity contribution < 1.29 is 9.53 Å². The molecule has 1 saturated carbocycles. The molecule has 3 fully saturated rings. The van der Waals surface area contributed by atoms with Crippen molar-refractivity contribution in [2.45, 2.75) is 62.4 Å². The van der Waals surface area contributed by atoms with Gasteiger partial charge >= 0.3 is 0 Å². The number of pyridine rings is 1. The first-order valence-electron chi connectivity index (χ1n) is 15.8. The van der Waals surface area contributed by atoms with Gasteiger partial charge in [-0.15, -0.1) is 5.10 Å². The van der Waals surface area contributed by atoms with Crippen molar-refractivity contribution >= 4 is 23.3 Å². The minimum absolute atomic E-state index is 0.0943. The van der Waals surface area contributed by atoms with Gasteiger partial charge in [-0.2, -0.15) is 14.6 Å². The Bertz CT molecular complexity index is 1830. The lowest BCUT2D eigenvalue weighted by molar-refractivity contribution is 0.0557. The molecule has 230 valence electrons. The van der Waals surface area contributed by atoms with Crippen molar-refractivity contribution in [2.75, 3.05) is 31.3 Å². The molecule has 2 bridgehead atoms. The number of amides is 1. The number of nitrogens with zero attached hydrogens (tertiary/aromatic N) is 7. The summed E-state index contributed by atoms with van der Waals surface area (Å²) in [5.41, 5.74) is 13.7. The standard InChI is InChI=1S/C33H36N10O2/c1-45-14-13-35-33-39-30(40-41-33)32(44)42-23-10-11-24(42)16-22(15-23)28-27(20-7-8-20)29(34)43-31(38-28)25(18-37-43)21-9-12-26(36-17-21)19-5-3-2-4-6-19/h2-6,9,12,17-18,20,22-24H,7-8,10-11,13-16,34H2,1H3,(H2,35,39,40,41). The Hall–Kier alpha value is -4.84. The molecule has 2 atom stereocenters. The van der Waals surface area contributed by atoms with E-state index in [-0.39, 0.29) is 29.7 Å². The van der Waals surface area contributed by atoms with E-state index in [4.69, 9.17) is 20.4 Å². The van der Waals surface area contributed by atoms with Gasteiger partial charge in [0, 0.05) is 60.1 Å². The quantitative estimate of drug-likeness (QED) is 0.204. The van der Waals surface area contributed by atoms with Gasteiger partial charge in [-0.1, -0.05) is 36.4 Å². The summed E-state index contributed by atoms with van der Waals surface area (Å²) in [6.45, 7) is 1.09. The first-order chi connectivity index (χ1) is 22.1. The highest BCUT2D eigenvalue weighted by molar-refractivity contribution is 5.91. The molecule has 12 nitrogen and oxygen atoms in total. The summed E-state index contributed by atoms with van der Waals surface area (Å²) >= 11 is 0. The molecule has 2 unspecified atom stereocenters. The van der Waals surface area contributed by atoms with Crippen LogP contribution in [0.2, 0.25) is 0 Å². The number of ether oxygens (including phenoxy) is 1. The molecule has 4 aromatic heterocycles. The van der Waals surface area contributed by atoms with Gasteiger partial charge in [-0.3, -0.25) is 14.9 Å². The van der Waals surface area contributed by atoms with E-state index in [1.165, 1.54) is 0 Å². The average molecular weight is 605 g/mol. The number of rotatable bonds is 9. The summed E-state index contributed by atoms with van der Waals surface area (Å²) in [6.07, 6.45) is 9.57. The summed E-state index contributed by atoms with van der Waals surface area (Å²) in [5.74, 6) is 1.87. The number of anilines is 2. The van der Waals surface area contributed by atoms with Gasteiger partial charge in [-0.05, 0) is 50.5 Å². The van der Waals surface area contributed by atoms with E-state index in [1.807, 2.05) is 41.6 Å². The number of methoxy groups -OCH3 is 1. The summed E-state index contributed by atoms with van der Waals surface area (Å²) < 4.78 is 6.87. The van der Waals surface area contributed by atoms with E-state index in [0.717, 1.165) is 77.8 Å². The summed E-state index contributed by atoms with van der Waals surface area (Å²) in [4.78, 5) is 30.2. The predicted molar refractivity (Wildman–Crippen MR) is 170 cm³/mol. The van der Waals surface area contributed by atoms with Crippen LogP contribution in [0.15, 0.2) is 54.9 Å². The number of hydrogen-bond donors (Lipinski definition) is 3. The van der Waals surface area contributed by atoms with Crippen molar-refractivity contribution in [2.24, 2.45) is 0 Å². The van der Waals surface area contributed by atoms with E-state index in [2.05, 4.69) is 43.8 Å². The monoisotopic (exact) mass is 604 g/mol. The Balaban J connectivity index is 1.08. The number of nitrogen functional groups attached to an aromatic ring is 1. The van der Waals surface area contributed by atoms with Crippen LogP contribution in [0.1, 0.15) is 72.2 Å². The van der Waals surface area contributed by atoms with Gasteiger partial charge in [0.1, 0.15) is 5.82 Å². The highest BCUT2D eigenvalue weighted by Crippen LogP contribution is 2.50. The Labute approximate surface area is 260 Å². The molecule has 0 spiro atoms. The molecular weight excluding hydrogens is 568 g/mol. The second-order valence-electron chi connectivity index (χ2n) is 12.4. The molecular formula is C33H36N10O2. The van der Waals surface area contributed by atoms with Crippen LogP contribution < -0.4 is 11.1 Å². The zero-order chi connectivity index (χ0) is 30.5. The van der Waals surface area contributed by atoms with Crippen LogP contribution in [0.3, 0.4) is 0 Å². The maximum atomic E-state index is 13.6. The Kier molecular flexibility index (Phi) is 6.93. The number of nitrogens with one attached hydrogen (secondary N) is 2. The van der Waals surface area contributed by atoms with E-state index in [9.17, 15) is 4.79 Å². The number of benzene rings is 1. The lowest BCUT2D eigenvalue weighted by Crippen LogP contribution is -2.46. The molecule has 4 N–H and O–H groups in total. The molecule has 1 aromatic carbocycles. The van der Waals surface area contributed by atoms with Crippen LogP contribution in [-0.2, 0) is 4.74 Å². The Morgan fingerprint density at radius 3 is 2.51 bits per heavy atom. The van der Waals surface area contributed by atoms with Gasteiger partial charge in [0.25, 0.3) is 5.91 Å². The van der Waals surface area contributed by atoms with Gasteiger partial charge < -0.3 is 20.7 Å². The lowest BCUT2D eigenvalue weighted by Gasteiger charge is -2.39. The van der Waals surface area contributed by atoms with Crippen molar-refractivity contribution in [3.63, 3.8) is 0 Å². The van der Waals surface area contributed by atoms with Gasteiger partial charge in [-0.25, -0.2) is 4.98 Å². The molecule has 8 rings (SSSR count). The fraction of sp³-hybridized carbons (Fsp3) is 0.394. The fourth-order valence-electron chi connectivity index (χ4n) is 7.24. The third-order valence-corrected chi connectivity index (χ3v) is 9.51. The molecule has 3 aliphatic rings. The van der Waals surface area contributed by atoms with Crippen LogP contribution in [0.5, 0.6) is 0 Å². The topological polar surface area (TPSA) is 152 Å². The number of nitrogens with two attached hydrogens (primary N) is 1. The number of aromatic amines is 1. The van der Waals surface area contributed by atoms with Gasteiger partial charge in [0.15, 0.2) is 5.65 Å². The zero-order valence-electron chi connectivity index (χ0n) is 25.2. The first-order valence-corrected chi connectivity index (χ1v) is 15.8. The number of hydrogen-bond acceptors (Lipinski definition) is 9. The largest absolute Gasteiger partial charge is 0.383 e. The second-order valence-corrected chi connectivity index (χ2v) is 12.4. The number of carbonyl (C=O) groups excluding carboxylic acids is 1. The van der Waals surface area contributed by atoms with Crippen molar-refractivity contribution in [1.82, 2.24) is 39.7 Å². The van der Waals surface area contributed by atoms with Gasteiger partial charge in [0.05, 0.1) is 24.2 Å². The molecule has 2 saturated heterocycles. The summed E-state index contributed by atoms with van der Waals surface area (Å²) in [6, 6.07) is 14.5. The summed E-state index contributed by atoms with van der Waals surface area (Å²) in [7, 11) is 1.64. The Morgan fingerprint density at radius 2 is 1.80 bits per heavy atom. The smallest absolute Gasteiger partial charge is 0.291 e. The fourth-order valence-corrected chi connectivity index (χ4v) is 7.24. The molecule has 6 heterocycles. The van der Waals surface area contributed by atoms with E-state index in [0.29, 0.717) is 30.8 Å². The second kappa shape index (κ2) is 11.3. The van der Waals surface area contributed by atoms with Gasteiger partial charge in [0.2, 0.25) is 11.8 Å². The molecule has 0 radical (unpaired) electrons. The van der Waals surface area contributed by atoms with E-state index in [1.54, 1.807) is 11.6 Å². The third kappa shape index (κ3) is 4.98. The minimum atomic E-state index is -0.0943. The Morgan fingerprint density at radius 1 is 1.00 bits per heavy atom. The van der Waals surface area contributed by atoms with Crippen LogP contribution in [0.4, 0.5) is 11.8 Å².